The third kappa shape index (κ3) is 3.60. The number of carbonyl (C=O) groups is 1. The Balaban J connectivity index is 1.64. The molecule has 7 heteroatoms. The van der Waals surface area contributed by atoms with Crippen molar-refractivity contribution in [3.05, 3.63) is 70.0 Å². The number of halogens is 1. The van der Waals surface area contributed by atoms with E-state index >= 15 is 0 Å². The van der Waals surface area contributed by atoms with Crippen LogP contribution < -0.4 is 0 Å². The molecule has 0 radical (unpaired) electrons. The number of phenols is 1. The Hall–Kier alpha value is -2.67. The highest BCUT2D eigenvalue weighted by Gasteiger charge is 2.35. The van der Waals surface area contributed by atoms with E-state index in [4.69, 9.17) is 0 Å². The number of nitrogens with zero attached hydrogens (tertiary/aromatic N) is 4. The predicted octanol–water partition coefficient (Wildman–Crippen LogP) is 3.89. The maximum atomic E-state index is 13.0. The number of amides is 1. The van der Waals surface area contributed by atoms with Crippen LogP contribution in [0.1, 0.15) is 40.5 Å². The van der Waals surface area contributed by atoms with Gasteiger partial charge in [0.25, 0.3) is 5.91 Å². The first-order valence-corrected chi connectivity index (χ1v) is 9.58. The van der Waals surface area contributed by atoms with Crippen molar-refractivity contribution in [2.24, 2.45) is 0 Å². The molecule has 2 aromatic carbocycles. The molecule has 1 aliphatic carbocycles. The van der Waals surface area contributed by atoms with Gasteiger partial charge in [-0.2, -0.15) is 0 Å². The largest absolute Gasteiger partial charge is 0.508 e. The molecule has 1 amide bonds. The number of hydrogen-bond donors (Lipinski definition) is 1. The molecule has 1 aliphatic rings. The van der Waals surface area contributed by atoms with Crippen LogP contribution in [0, 0.1) is 0 Å². The van der Waals surface area contributed by atoms with Crippen LogP contribution in [0.2, 0.25) is 0 Å². The molecule has 3 aromatic rings. The fourth-order valence-electron chi connectivity index (χ4n) is 3.09. The monoisotopic (exact) mass is 426 g/mol. The van der Waals surface area contributed by atoms with Gasteiger partial charge in [-0.1, -0.05) is 39.3 Å². The van der Waals surface area contributed by atoms with Gasteiger partial charge in [0.05, 0.1) is 11.4 Å². The second-order valence-corrected chi connectivity index (χ2v) is 7.69. The summed E-state index contributed by atoms with van der Waals surface area (Å²) in [5, 5.41) is 18.4. The predicted molar refractivity (Wildman–Crippen MR) is 105 cm³/mol. The molecule has 27 heavy (non-hydrogen) atoms. The van der Waals surface area contributed by atoms with Crippen LogP contribution in [-0.2, 0) is 6.54 Å². The quantitative estimate of drug-likeness (QED) is 0.671. The number of para-hydroxylation sites is 1. The summed E-state index contributed by atoms with van der Waals surface area (Å²) in [7, 11) is 1.71. The van der Waals surface area contributed by atoms with Gasteiger partial charge in [0.2, 0.25) is 0 Å². The van der Waals surface area contributed by atoms with Crippen molar-refractivity contribution >= 4 is 21.8 Å². The van der Waals surface area contributed by atoms with E-state index in [1.165, 1.54) is 0 Å². The fourth-order valence-corrected chi connectivity index (χ4v) is 3.35. The van der Waals surface area contributed by atoms with Gasteiger partial charge in [-0.25, -0.2) is 4.68 Å². The van der Waals surface area contributed by atoms with Gasteiger partial charge in [0, 0.05) is 29.5 Å². The van der Waals surface area contributed by atoms with Crippen LogP contribution in [0.3, 0.4) is 0 Å². The smallest absolute Gasteiger partial charge is 0.276 e. The van der Waals surface area contributed by atoms with Gasteiger partial charge in [0.15, 0.2) is 5.69 Å². The lowest BCUT2D eigenvalue weighted by molar-refractivity contribution is 0.0777. The SMILES string of the molecule is CN(Cc1ccccc1O)C(=O)c1nnn(-c2ccc(Br)cc2)c1C1CC1. The highest BCUT2D eigenvalue weighted by atomic mass is 79.9. The molecule has 0 saturated heterocycles. The second kappa shape index (κ2) is 7.15. The molecule has 6 nitrogen and oxygen atoms in total. The Morgan fingerprint density at radius 1 is 1.22 bits per heavy atom. The van der Waals surface area contributed by atoms with Crippen molar-refractivity contribution in [1.29, 1.82) is 0 Å². The van der Waals surface area contributed by atoms with Gasteiger partial charge in [-0.15, -0.1) is 5.10 Å². The van der Waals surface area contributed by atoms with Crippen LogP contribution in [0.4, 0.5) is 0 Å². The molecule has 4 rings (SSSR count). The van der Waals surface area contributed by atoms with Crippen molar-refractivity contribution in [3.63, 3.8) is 0 Å². The maximum absolute atomic E-state index is 13.0. The summed E-state index contributed by atoms with van der Waals surface area (Å²) >= 11 is 3.44. The molecule has 1 N–H and O–H groups in total. The summed E-state index contributed by atoms with van der Waals surface area (Å²) in [4.78, 5) is 14.6. The summed E-state index contributed by atoms with van der Waals surface area (Å²) in [6, 6.07) is 14.8. The van der Waals surface area contributed by atoms with Gasteiger partial charge in [0.1, 0.15) is 5.75 Å². The number of phenolic OH excluding ortho intramolecular Hbond substituents is 1. The molecule has 1 saturated carbocycles. The van der Waals surface area contributed by atoms with Crippen molar-refractivity contribution < 1.29 is 9.90 Å². The molecular weight excluding hydrogens is 408 g/mol. The minimum Gasteiger partial charge on any atom is -0.508 e. The minimum absolute atomic E-state index is 0.179. The summed E-state index contributed by atoms with van der Waals surface area (Å²) in [6.07, 6.45) is 2.07. The Morgan fingerprint density at radius 3 is 2.59 bits per heavy atom. The summed E-state index contributed by atoms with van der Waals surface area (Å²) in [5.41, 5.74) is 2.83. The summed E-state index contributed by atoms with van der Waals surface area (Å²) < 4.78 is 2.75. The first kappa shape index (κ1) is 17.7. The number of rotatable bonds is 5. The Kier molecular flexibility index (Phi) is 4.70. The van der Waals surface area contributed by atoms with E-state index < -0.39 is 0 Å². The van der Waals surface area contributed by atoms with E-state index in [0.29, 0.717) is 23.7 Å². The van der Waals surface area contributed by atoms with Crippen LogP contribution in [0.15, 0.2) is 53.0 Å². The van der Waals surface area contributed by atoms with Gasteiger partial charge < -0.3 is 10.0 Å². The van der Waals surface area contributed by atoms with E-state index in [2.05, 4.69) is 26.2 Å². The van der Waals surface area contributed by atoms with Crippen LogP contribution in [0.5, 0.6) is 5.75 Å². The molecule has 0 atom stereocenters. The first-order chi connectivity index (χ1) is 13.0. The third-order valence-electron chi connectivity index (χ3n) is 4.69. The lowest BCUT2D eigenvalue weighted by Crippen LogP contribution is -2.27. The fraction of sp³-hybridized carbons (Fsp3) is 0.250. The molecule has 1 aromatic heterocycles. The summed E-state index contributed by atoms with van der Waals surface area (Å²) in [6.45, 7) is 0.306. The zero-order chi connectivity index (χ0) is 19.0. The van der Waals surface area contributed by atoms with Crippen LogP contribution in [0.25, 0.3) is 5.69 Å². The van der Waals surface area contributed by atoms with E-state index in [9.17, 15) is 9.90 Å². The molecule has 1 heterocycles. The first-order valence-electron chi connectivity index (χ1n) is 8.78. The maximum Gasteiger partial charge on any atom is 0.276 e. The number of aromatic nitrogens is 3. The van der Waals surface area contributed by atoms with E-state index in [-0.39, 0.29) is 11.7 Å². The normalized spacial score (nSPS) is 13.6. The summed E-state index contributed by atoms with van der Waals surface area (Å²) in [5.74, 6) is 0.294. The van der Waals surface area contributed by atoms with E-state index in [1.807, 2.05) is 30.3 Å². The molecule has 0 aliphatic heterocycles. The van der Waals surface area contributed by atoms with Gasteiger partial charge in [-0.05, 0) is 43.2 Å². The number of carbonyl (C=O) groups excluding carboxylic acids is 1. The Bertz CT molecular complexity index is 980. The Labute approximate surface area is 165 Å². The molecule has 138 valence electrons. The van der Waals surface area contributed by atoms with E-state index in [1.54, 1.807) is 34.8 Å². The zero-order valence-corrected chi connectivity index (χ0v) is 16.4. The third-order valence-corrected chi connectivity index (χ3v) is 5.22. The molecule has 0 bridgehead atoms. The van der Waals surface area contributed by atoms with Crippen molar-refractivity contribution in [3.8, 4) is 11.4 Å². The van der Waals surface area contributed by atoms with Crippen molar-refractivity contribution in [1.82, 2.24) is 19.9 Å². The topological polar surface area (TPSA) is 71.2 Å². The minimum atomic E-state index is -0.191. The number of hydrogen-bond acceptors (Lipinski definition) is 4. The molecule has 0 unspecified atom stereocenters. The number of aromatic hydroxyl groups is 1. The van der Waals surface area contributed by atoms with E-state index in [0.717, 1.165) is 28.7 Å². The lowest BCUT2D eigenvalue weighted by atomic mass is 10.1. The Morgan fingerprint density at radius 2 is 1.93 bits per heavy atom. The zero-order valence-electron chi connectivity index (χ0n) is 14.8. The molecule has 0 spiro atoms. The second-order valence-electron chi connectivity index (χ2n) is 6.78. The highest BCUT2D eigenvalue weighted by molar-refractivity contribution is 9.10. The standard InChI is InChI=1S/C20H19BrN4O2/c1-24(12-14-4-2-3-5-17(14)26)20(27)18-19(13-6-7-13)25(23-22-18)16-10-8-15(21)9-11-16/h2-5,8-11,13,26H,6-7,12H2,1H3. The van der Waals surface area contributed by atoms with Crippen LogP contribution >= 0.6 is 15.9 Å². The molecular formula is C20H19BrN4O2. The average Bonchev–Trinajstić information content (AvgIpc) is 3.42. The lowest BCUT2D eigenvalue weighted by Gasteiger charge is -2.17. The highest BCUT2D eigenvalue weighted by Crippen LogP contribution is 2.42. The average molecular weight is 427 g/mol. The van der Waals surface area contributed by atoms with Gasteiger partial charge in [-0.3, -0.25) is 4.79 Å². The molecule has 1 fully saturated rings. The van der Waals surface area contributed by atoms with Crippen LogP contribution in [-0.4, -0.2) is 38.0 Å². The van der Waals surface area contributed by atoms with Gasteiger partial charge >= 0.3 is 0 Å². The van der Waals surface area contributed by atoms with Crippen molar-refractivity contribution in [2.75, 3.05) is 7.05 Å². The van der Waals surface area contributed by atoms with Crippen molar-refractivity contribution in [2.45, 2.75) is 25.3 Å². The number of benzene rings is 2.